The smallest absolute Gasteiger partial charge is 0.273 e. The van der Waals surface area contributed by atoms with E-state index in [1.165, 1.54) is 6.33 Å². The summed E-state index contributed by atoms with van der Waals surface area (Å²) >= 11 is 0. The van der Waals surface area contributed by atoms with Gasteiger partial charge in [-0.05, 0) is 12.1 Å². The number of benzene rings is 1. The molecule has 0 saturated heterocycles. The highest BCUT2D eigenvalue weighted by molar-refractivity contribution is 5.96. The Morgan fingerprint density at radius 1 is 1.39 bits per heavy atom. The van der Waals surface area contributed by atoms with Crippen LogP contribution in [0.3, 0.4) is 0 Å². The van der Waals surface area contributed by atoms with Crippen LogP contribution in [-0.4, -0.2) is 28.2 Å². The zero-order chi connectivity index (χ0) is 13.0. The molecule has 0 spiro atoms. The summed E-state index contributed by atoms with van der Waals surface area (Å²) in [4.78, 5) is 15.1. The van der Waals surface area contributed by atoms with Crippen molar-refractivity contribution >= 4 is 17.4 Å². The Labute approximate surface area is 103 Å². The van der Waals surface area contributed by atoms with Crippen molar-refractivity contribution in [3.05, 3.63) is 36.3 Å². The third-order valence-corrected chi connectivity index (χ3v) is 2.21. The lowest BCUT2D eigenvalue weighted by Crippen LogP contribution is -2.17. The van der Waals surface area contributed by atoms with Gasteiger partial charge in [-0.15, -0.1) is 10.2 Å². The summed E-state index contributed by atoms with van der Waals surface area (Å²) < 4.78 is 5.18. The molecule has 0 radical (unpaired) electrons. The van der Waals surface area contributed by atoms with Crippen molar-refractivity contribution in [3.8, 4) is 5.75 Å². The van der Waals surface area contributed by atoms with Gasteiger partial charge in [0.05, 0.1) is 12.8 Å². The molecular weight excluding hydrogens is 234 g/mol. The van der Waals surface area contributed by atoms with E-state index >= 15 is 0 Å². The third kappa shape index (κ3) is 2.34. The average Bonchev–Trinajstić information content (AvgIpc) is 2.40. The van der Waals surface area contributed by atoms with Gasteiger partial charge in [-0.25, -0.2) is 4.98 Å². The molecule has 7 nitrogen and oxygen atoms in total. The van der Waals surface area contributed by atoms with Crippen molar-refractivity contribution in [2.75, 3.05) is 12.4 Å². The lowest BCUT2D eigenvalue weighted by Gasteiger charge is -2.10. The predicted molar refractivity (Wildman–Crippen MR) is 64.6 cm³/mol. The van der Waals surface area contributed by atoms with Gasteiger partial charge in [0.2, 0.25) is 0 Å². The minimum atomic E-state index is -0.701. The maximum Gasteiger partial charge on any atom is 0.273 e. The Hall–Kier alpha value is -2.70. The van der Waals surface area contributed by atoms with E-state index in [1.807, 2.05) is 12.1 Å². The zero-order valence-corrected chi connectivity index (χ0v) is 9.62. The molecule has 92 valence electrons. The molecule has 1 aromatic carbocycles. The molecule has 0 saturated carbocycles. The minimum absolute atomic E-state index is 0.0246. The van der Waals surface area contributed by atoms with Gasteiger partial charge >= 0.3 is 0 Å². The van der Waals surface area contributed by atoms with Crippen LogP contribution in [0.5, 0.6) is 5.75 Å². The molecule has 0 unspecified atom stereocenters. The molecule has 0 aliphatic rings. The minimum Gasteiger partial charge on any atom is -0.495 e. The number of amides is 1. The number of hydrogen-bond donors (Lipinski definition) is 2. The second-order valence-electron chi connectivity index (χ2n) is 3.35. The highest BCUT2D eigenvalue weighted by Gasteiger charge is 2.13. The summed E-state index contributed by atoms with van der Waals surface area (Å²) in [5.41, 5.74) is 5.82. The summed E-state index contributed by atoms with van der Waals surface area (Å²) in [6, 6.07) is 7.22. The topological polar surface area (TPSA) is 103 Å². The van der Waals surface area contributed by atoms with Crippen molar-refractivity contribution in [2.24, 2.45) is 5.73 Å². The number of ether oxygens (including phenoxy) is 1. The van der Waals surface area contributed by atoms with Crippen molar-refractivity contribution in [2.45, 2.75) is 0 Å². The van der Waals surface area contributed by atoms with Crippen molar-refractivity contribution in [1.29, 1.82) is 0 Å². The molecule has 1 heterocycles. The number of nitrogens with zero attached hydrogens (tertiary/aromatic N) is 3. The first-order chi connectivity index (χ1) is 8.72. The van der Waals surface area contributed by atoms with E-state index in [0.29, 0.717) is 11.4 Å². The number of nitrogens with two attached hydrogens (primary N) is 1. The predicted octanol–water partition coefficient (Wildman–Crippen LogP) is 0.723. The summed E-state index contributed by atoms with van der Waals surface area (Å²) in [6.45, 7) is 0. The van der Waals surface area contributed by atoms with Crippen molar-refractivity contribution in [3.63, 3.8) is 0 Å². The maximum absolute atomic E-state index is 11.2. The Bertz CT molecular complexity index is 573. The number of primary amides is 1. The van der Waals surface area contributed by atoms with E-state index in [0.717, 1.165) is 0 Å². The number of aromatic nitrogens is 3. The lowest BCUT2D eigenvalue weighted by atomic mass is 10.3. The summed E-state index contributed by atoms with van der Waals surface area (Å²) in [7, 11) is 1.55. The van der Waals surface area contributed by atoms with Crippen LogP contribution >= 0.6 is 0 Å². The number of para-hydroxylation sites is 2. The van der Waals surface area contributed by atoms with Crippen molar-refractivity contribution in [1.82, 2.24) is 15.2 Å². The first kappa shape index (κ1) is 11.8. The monoisotopic (exact) mass is 245 g/mol. The van der Waals surface area contributed by atoms with Crippen LogP contribution in [0, 0.1) is 0 Å². The zero-order valence-electron chi connectivity index (χ0n) is 9.62. The standard InChI is InChI=1S/C11H11N5O2/c1-18-8-5-3-2-4-7(8)15-11-9(10(12)17)16-14-6-13-11/h2-6H,1H3,(H2,12,17)(H,13,14,15). The molecule has 0 atom stereocenters. The highest BCUT2D eigenvalue weighted by atomic mass is 16.5. The van der Waals surface area contributed by atoms with E-state index in [2.05, 4.69) is 20.5 Å². The number of anilines is 2. The van der Waals surface area contributed by atoms with Gasteiger partial charge in [-0.1, -0.05) is 12.1 Å². The first-order valence-electron chi connectivity index (χ1n) is 5.10. The summed E-state index contributed by atoms with van der Waals surface area (Å²) in [5.74, 6) is 0.154. The van der Waals surface area contributed by atoms with Crippen molar-refractivity contribution < 1.29 is 9.53 Å². The normalized spacial score (nSPS) is 9.83. The van der Waals surface area contributed by atoms with E-state index in [-0.39, 0.29) is 11.5 Å². The van der Waals surface area contributed by atoms with Crippen LogP contribution < -0.4 is 15.8 Å². The van der Waals surface area contributed by atoms with Gasteiger partial charge in [0.1, 0.15) is 12.1 Å². The average molecular weight is 245 g/mol. The number of methoxy groups -OCH3 is 1. The number of nitrogens with one attached hydrogen (secondary N) is 1. The van der Waals surface area contributed by atoms with Gasteiger partial charge in [-0.2, -0.15) is 0 Å². The quantitative estimate of drug-likeness (QED) is 0.822. The summed E-state index contributed by atoms with van der Waals surface area (Å²) in [6.07, 6.45) is 1.23. The molecule has 1 aromatic heterocycles. The van der Waals surface area contributed by atoms with Crippen LogP contribution in [0.1, 0.15) is 10.5 Å². The number of rotatable bonds is 4. The van der Waals surface area contributed by atoms with Crippen LogP contribution in [0.4, 0.5) is 11.5 Å². The van der Waals surface area contributed by atoms with E-state index < -0.39 is 5.91 Å². The first-order valence-corrected chi connectivity index (χ1v) is 5.10. The van der Waals surface area contributed by atoms with Gasteiger partial charge in [-0.3, -0.25) is 4.79 Å². The van der Waals surface area contributed by atoms with Gasteiger partial charge in [0, 0.05) is 0 Å². The van der Waals surface area contributed by atoms with E-state index in [1.54, 1.807) is 19.2 Å². The number of hydrogen-bond acceptors (Lipinski definition) is 6. The van der Waals surface area contributed by atoms with Crippen LogP contribution in [0.15, 0.2) is 30.6 Å². The second kappa shape index (κ2) is 5.09. The Morgan fingerprint density at radius 3 is 2.89 bits per heavy atom. The molecule has 2 aromatic rings. The van der Waals surface area contributed by atoms with Crippen LogP contribution in [0.2, 0.25) is 0 Å². The molecule has 0 aliphatic heterocycles. The third-order valence-electron chi connectivity index (χ3n) is 2.21. The molecule has 2 rings (SSSR count). The molecule has 0 fully saturated rings. The molecule has 18 heavy (non-hydrogen) atoms. The molecule has 1 amide bonds. The second-order valence-corrected chi connectivity index (χ2v) is 3.35. The van der Waals surface area contributed by atoms with Crippen LogP contribution in [-0.2, 0) is 0 Å². The van der Waals surface area contributed by atoms with Gasteiger partial charge in [0.25, 0.3) is 5.91 Å². The Kier molecular flexibility index (Phi) is 3.33. The fourth-order valence-corrected chi connectivity index (χ4v) is 1.41. The fourth-order valence-electron chi connectivity index (χ4n) is 1.41. The number of carbonyl (C=O) groups is 1. The summed E-state index contributed by atoms with van der Waals surface area (Å²) in [5, 5.41) is 10.1. The Balaban J connectivity index is 2.37. The molecule has 0 bridgehead atoms. The largest absolute Gasteiger partial charge is 0.495 e. The SMILES string of the molecule is COc1ccccc1Nc1ncnnc1C(N)=O. The lowest BCUT2D eigenvalue weighted by molar-refractivity contribution is 0.0995. The highest BCUT2D eigenvalue weighted by Crippen LogP contribution is 2.26. The molecule has 0 aliphatic carbocycles. The molecular formula is C11H11N5O2. The van der Waals surface area contributed by atoms with Gasteiger partial charge < -0.3 is 15.8 Å². The number of carbonyl (C=O) groups excluding carboxylic acids is 1. The van der Waals surface area contributed by atoms with Crippen LogP contribution in [0.25, 0.3) is 0 Å². The molecule has 3 N–H and O–H groups in total. The fraction of sp³-hybridized carbons (Fsp3) is 0.0909. The van der Waals surface area contributed by atoms with Gasteiger partial charge in [0.15, 0.2) is 11.5 Å². The maximum atomic E-state index is 11.2. The van der Waals surface area contributed by atoms with E-state index in [9.17, 15) is 4.79 Å². The molecule has 7 heteroatoms. The van der Waals surface area contributed by atoms with E-state index in [4.69, 9.17) is 10.5 Å². The Morgan fingerprint density at radius 2 is 2.17 bits per heavy atom.